The summed E-state index contributed by atoms with van der Waals surface area (Å²) in [7, 11) is 1.64. The highest BCUT2D eigenvalue weighted by Crippen LogP contribution is 2.32. The Labute approximate surface area is 118 Å². The molecule has 0 radical (unpaired) electrons. The highest BCUT2D eigenvalue weighted by molar-refractivity contribution is 6.17. The smallest absolute Gasteiger partial charge is 0.162 e. The summed E-state index contributed by atoms with van der Waals surface area (Å²) in [6.07, 6.45) is 0.693. The van der Waals surface area contributed by atoms with Crippen molar-refractivity contribution in [3.8, 4) is 11.5 Å². The number of hydrogen-bond acceptors (Lipinski definition) is 2. The van der Waals surface area contributed by atoms with Gasteiger partial charge in [-0.2, -0.15) is 0 Å². The van der Waals surface area contributed by atoms with E-state index >= 15 is 0 Å². The van der Waals surface area contributed by atoms with Crippen LogP contribution in [0, 0.1) is 0 Å². The average molecular weight is 277 g/mol. The van der Waals surface area contributed by atoms with Crippen molar-refractivity contribution in [1.82, 2.24) is 0 Å². The minimum Gasteiger partial charge on any atom is -0.493 e. The number of halogens is 1. The van der Waals surface area contributed by atoms with E-state index in [-0.39, 0.29) is 6.10 Å². The summed E-state index contributed by atoms with van der Waals surface area (Å²) >= 11 is 5.87. The number of rotatable bonds is 6. The fraction of sp³-hybridized carbons (Fsp3) is 0.250. The van der Waals surface area contributed by atoms with Gasteiger partial charge in [-0.25, -0.2) is 0 Å². The third kappa shape index (κ3) is 3.65. The van der Waals surface area contributed by atoms with Gasteiger partial charge in [-0.15, -0.1) is 11.6 Å². The molecular weight excluding hydrogens is 260 g/mol. The molecule has 0 saturated carbocycles. The number of ether oxygens (including phenoxy) is 2. The van der Waals surface area contributed by atoms with Crippen molar-refractivity contribution in [1.29, 1.82) is 0 Å². The van der Waals surface area contributed by atoms with Gasteiger partial charge in [0.2, 0.25) is 0 Å². The largest absolute Gasteiger partial charge is 0.493 e. The molecule has 2 aromatic carbocycles. The van der Waals surface area contributed by atoms with Crippen LogP contribution in [-0.4, -0.2) is 13.0 Å². The van der Waals surface area contributed by atoms with Crippen molar-refractivity contribution in [2.45, 2.75) is 12.5 Å². The van der Waals surface area contributed by atoms with Crippen LogP contribution in [-0.2, 0) is 0 Å². The Morgan fingerprint density at radius 2 is 1.58 bits per heavy atom. The number of methoxy groups -OCH3 is 1. The Bertz CT molecular complexity index is 499. The number of benzene rings is 2. The predicted octanol–water partition coefficient (Wildman–Crippen LogP) is 4.44. The Kier molecular flexibility index (Phi) is 5.10. The van der Waals surface area contributed by atoms with Crippen molar-refractivity contribution in [3.63, 3.8) is 0 Å². The second-order valence-electron chi connectivity index (χ2n) is 4.15. The quantitative estimate of drug-likeness (QED) is 0.726. The summed E-state index contributed by atoms with van der Waals surface area (Å²) in [4.78, 5) is 0. The maximum absolute atomic E-state index is 6.05. The molecule has 0 bridgehead atoms. The Morgan fingerprint density at radius 1 is 0.947 bits per heavy atom. The van der Waals surface area contributed by atoms with Crippen LogP contribution in [0.4, 0.5) is 0 Å². The fourth-order valence-electron chi connectivity index (χ4n) is 1.93. The lowest BCUT2D eigenvalue weighted by Gasteiger charge is -2.20. The molecule has 0 saturated heterocycles. The maximum atomic E-state index is 6.05. The summed E-state index contributed by atoms with van der Waals surface area (Å²) in [6, 6.07) is 17.7. The molecule has 3 heteroatoms. The van der Waals surface area contributed by atoms with Crippen LogP contribution in [0.15, 0.2) is 54.6 Å². The zero-order valence-electron chi connectivity index (χ0n) is 10.9. The molecule has 0 N–H and O–H groups in total. The molecule has 2 nitrogen and oxygen atoms in total. The van der Waals surface area contributed by atoms with Crippen molar-refractivity contribution < 1.29 is 9.47 Å². The first-order chi connectivity index (χ1) is 9.35. The minimum absolute atomic E-state index is 0.0602. The Balaban J connectivity index is 2.21. The van der Waals surface area contributed by atoms with Crippen LogP contribution >= 0.6 is 11.6 Å². The number of hydrogen-bond donors (Lipinski definition) is 0. The van der Waals surface area contributed by atoms with Crippen LogP contribution in [0.3, 0.4) is 0 Å². The van der Waals surface area contributed by atoms with Crippen LogP contribution in [0.2, 0.25) is 0 Å². The fourth-order valence-corrected chi connectivity index (χ4v) is 2.13. The van der Waals surface area contributed by atoms with E-state index < -0.39 is 0 Å². The third-order valence-electron chi connectivity index (χ3n) is 2.88. The molecule has 0 aliphatic rings. The zero-order chi connectivity index (χ0) is 13.5. The zero-order valence-corrected chi connectivity index (χ0v) is 11.6. The first kappa shape index (κ1) is 13.8. The molecule has 0 aliphatic heterocycles. The molecule has 1 atom stereocenters. The van der Waals surface area contributed by atoms with Gasteiger partial charge in [0.1, 0.15) is 6.10 Å². The first-order valence-electron chi connectivity index (χ1n) is 6.25. The molecule has 0 heterocycles. The normalized spacial score (nSPS) is 11.9. The lowest BCUT2D eigenvalue weighted by atomic mass is 10.1. The standard InChI is InChI=1S/C16H17ClO2/c1-18-15-9-5-6-10-16(15)19-14(11-12-17)13-7-3-2-4-8-13/h2-10,14H,11-12H2,1H3. The lowest BCUT2D eigenvalue weighted by Crippen LogP contribution is -2.09. The molecule has 1 unspecified atom stereocenters. The topological polar surface area (TPSA) is 18.5 Å². The van der Waals surface area contributed by atoms with Gasteiger partial charge in [0.05, 0.1) is 7.11 Å². The summed E-state index contributed by atoms with van der Waals surface area (Å²) in [6.45, 7) is 0. The van der Waals surface area contributed by atoms with Gasteiger partial charge in [0, 0.05) is 12.3 Å². The van der Waals surface area contributed by atoms with E-state index in [1.165, 1.54) is 0 Å². The van der Waals surface area contributed by atoms with Crippen LogP contribution in [0.25, 0.3) is 0 Å². The number of alkyl halides is 1. The second-order valence-corrected chi connectivity index (χ2v) is 4.52. The second kappa shape index (κ2) is 7.05. The van der Waals surface area contributed by atoms with Crippen molar-refractivity contribution in [2.75, 3.05) is 13.0 Å². The van der Waals surface area contributed by atoms with Gasteiger partial charge in [-0.05, 0) is 17.7 Å². The molecule has 2 rings (SSSR count). The Hall–Kier alpha value is -1.67. The predicted molar refractivity (Wildman–Crippen MR) is 78.1 cm³/mol. The van der Waals surface area contributed by atoms with Gasteiger partial charge >= 0.3 is 0 Å². The van der Waals surface area contributed by atoms with E-state index in [9.17, 15) is 0 Å². The molecule has 0 fully saturated rings. The Morgan fingerprint density at radius 3 is 2.21 bits per heavy atom. The first-order valence-corrected chi connectivity index (χ1v) is 6.79. The molecule has 0 spiro atoms. The lowest BCUT2D eigenvalue weighted by molar-refractivity contribution is 0.193. The van der Waals surface area contributed by atoms with E-state index in [0.717, 1.165) is 23.5 Å². The molecule has 2 aromatic rings. The van der Waals surface area contributed by atoms with Gasteiger partial charge in [-0.1, -0.05) is 42.5 Å². The van der Waals surface area contributed by atoms with E-state index in [1.807, 2.05) is 54.6 Å². The van der Waals surface area contributed by atoms with Crippen molar-refractivity contribution in [3.05, 3.63) is 60.2 Å². The monoisotopic (exact) mass is 276 g/mol. The van der Waals surface area contributed by atoms with E-state index in [1.54, 1.807) is 7.11 Å². The molecular formula is C16H17ClO2. The minimum atomic E-state index is -0.0602. The molecule has 100 valence electrons. The summed E-state index contributed by atoms with van der Waals surface area (Å²) in [5.41, 5.74) is 1.12. The maximum Gasteiger partial charge on any atom is 0.162 e. The third-order valence-corrected chi connectivity index (χ3v) is 3.10. The van der Waals surface area contributed by atoms with E-state index in [2.05, 4.69) is 0 Å². The van der Waals surface area contributed by atoms with Crippen molar-refractivity contribution in [2.24, 2.45) is 0 Å². The highest BCUT2D eigenvalue weighted by atomic mass is 35.5. The average Bonchev–Trinajstić information content (AvgIpc) is 2.48. The summed E-state index contributed by atoms with van der Waals surface area (Å²) < 4.78 is 11.4. The van der Waals surface area contributed by atoms with Crippen LogP contribution in [0.1, 0.15) is 18.1 Å². The van der Waals surface area contributed by atoms with Crippen molar-refractivity contribution >= 4 is 11.6 Å². The number of para-hydroxylation sites is 2. The van der Waals surface area contributed by atoms with E-state index in [0.29, 0.717) is 5.88 Å². The summed E-state index contributed by atoms with van der Waals surface area (Å²) in [5.74, 6) is 2.02. The molecule has 0 amide bonds. The molecule has 0 aromatic heterocycles. The highest BCUT2D eigenvalue weighted by Gasteiger charge is 2.14. The van der Waals surface area contributed by atoms with Crippen LogP contribution < -0.4 is 9.47 Å². The van der Waals surface area contributed by atoms with Gasteiger partial charge < -0.3 is 9.47 Å². The molecule has 0 aliphatic carbocycles. The van der Waals surface area contributed by atoms with Crippen LogP contribution in [0.5, 0.6) is 11.5 Å². The van der Waals surface area contributed by atoms with Gasteiger partial charge in [0.15, 0.2) is 11.5 Å². The SMILES string of the molecule is COc1ccccc1OC(CCCl)c1ccccc1. The molecule has 19 heavy (non-hydrogen) atoms. The summed E-state index contributed by atoms with van der Waals surface area (Å²) in [5, 5.41) is 0. The van der Waals surface area contributed by atoms with E-state index in [4.69, 9.17) is 21.1 Å². The van der Waals surface area contributed by atoms with Gasteiger partial charge in [-0.3, -0.25) is 0 Å². The van der Waals surface area contributed by atoms with Gasteiger partial charge in [0.25, 0.3) is 0 Å².